The minimum Gasteiger partial charge on any atom is -0.399 e. The summed E-state index contributed by atoms with van der Waals surface area (Å²) < 4.78 is 0. The molecule has 2 rings (SSSR count). The number of carbonyl (C=O) groups is 1. The molecule has 0 saturated heterocycles. The molecule has 1 aromatic rings. The number of nitrogens with zero attached hydrogens (tertiary/aromatic N) is 1. The number of amides is 1. The maximum Gasteiger partial charge on any atom is 0.226 e. The van der Waals surface area contributed by atoms with Gasteiger partial charge in [-0.15, -0.1) is 0 Å². The van der Waals surface area contributed by atoms with E-state index in [-0.39, 0.29) is 5.92 Å². The van der Waals surface area contributed by atoms with Gasteiger partial charge in [0.2, 0.25) is 5.91 Å². The lowest BCUT2D eigenvalue weighted by atomic mass is 9.97. The first-order valence-corrected chi connectivity index (χ1v) is 8.30. The highest BCUT2D eigenvalue weighted by Gasteiger charge is 2.35. The fourth-order valence-corrected chi connectivity index (χ4v) is 2.85. The lowest BCUT2D eigenvalue weighted by molar-refractivity contribution is -0.137. The van der Waals surface area contributed by atoms with Gasteiger partial charge in [0.1, 0.15) is 0 Å². The number of unbranched alkanes of at least 4 members (excludes halogenated alkanes) is 1. The third-order valence-electron chi connectivity index (χ3n) is 4.32. The highest BCUT2D eigenvalue weighted by atomic mass is 16.2. The second-order valence-electron chi connectivity index (χ2n) is 6.19. The fourth-order valence-electron chi connectivity index (χ4n) is 2.85. The average molecular weight is 288 g/mol. The summed E-state index contributed by atoms with van der Waals surface area (Å²) in [6.45, 7) is 5.02. The molecule has 0 aromatic heterocycles. The molecular weight excluding hydrogens is 260 g/mol. The Morgan fingerprint density at radius 2 is 2.14 bits per heavy atom. The molecule has 0 radical (unpaired) electrons. The van der Waals surface area contributed by atoms with Gasteiger partial charge in [-0.05, 0) is 43.4 Å². The summed E-state index contributed by atoms with van der Waals surface area (Å²) in [5.41, 5.74) is 7.76. The SMILES string of the molecule is CCCCC(CC)C(=O)N(Cc1cccc(N)c1)C1CC1. The third kappa shape index (κ3) is 4.48. The largest absolute Gasteiger partial charge is 0.399 e. The predicted molar refractivity (Wildman–Crippen MR) is 87.7 cm³/mol. The normalized spacial score (nSPS) is 15.7. The summed E-state index contributed by atoms with van der Waals surface area (Å²) >= 11 is 0. The van der Waals surface area contributed by atoms with Crippen LogP contribution in [0.3, 0.4) is 0 Å². The fraction of sp³-hybridized carbons (Fsp3) is 0.611. The minimum atomic E-state index is 0.187. The zero-order valence-corrected chi connectivity index (χ0v) is 13.3. The first-order valence-electron chi connectivity index (χ1n) is 8.30. The van der Waals surface area contributed by atoms with Crippen LogP contribution in [0, 0.1) is 5.92 Å². The van der Waals surface area contributed by atoms with Crippen LogP contribution in [0.25, 0.3) is 0 Å². The molecular formula is C18H28N2O. The molecule has 3 heteroatoms. The molecule has 0 bridgehead atoms. The van der Waals surface area contributed by atoms with Crippen LogP contribution in [0.2, 0.25) is 0 Å². The van der Waals surface area contributed by atoms with Gasteiger partial charge in [0.05, 0.1) is 0 Å². The maximum absolute atomic E-state index is 12.8. The molecule has 1 unspecified atom stereocenters. The Morgan fingerprint density at radius 3 is 2.71 bits per heavy atom. The van der Waals surface area contributed by atoms with Gasteiger partial charge in [-0.3, -0.25) is 4.79 Å². The van der Waals surface area contributed by atoms with Crippen LogP contribution >= 0.6 is 0 Å². The van der Waals surface area contributed by atoms with Crippen molar-refractivity contribution in [3.63, 3.8) is 0 Å². The van der Waals surface area contributed by atoms with Gasteiger partial charge in [-0.1, -0.05) is 38.8 Å². The topological polar surface area (TPSA) is 46.3 Å². The molecule has 0 spiro atoms. The summed E-state index contributed by atoms with van der Waals surface area (Å²) in [6.07, 6.45) is 6.56. The van der Waals surface area contributed by atoms with Gasteiger partial charge in [-0.25, -0.2) is 0 Å². The lowest BCUT2D eigenvalue weighted by Gasteiger charge is -2.27. The number of benzene rings is 1. The van der Waals surface area contributed by atoms with E-state index in [1.165, 1.54) is 0 Å². The number of nitrogens with two attached hydrogens (primary N) is 1. The maximum atomic E-state index is 12.8. The molecule has 1 aromatic carbocycles. The van der Waals surface area contributed by atoms with Gasteiger partial charge in [0, 0.05) is 24.2 Å². The first kappa shape index (κ1) is 15.9. The number of hydrogen-bond acceptors (Lipinski definition) is 2. The summed E-state index contributed by atoms with van der Waals surface area (Å²) in [4.78, 5) is 14.9. The van der Waals surface area contributed by atoms with E-state index < -0.39 is 0 Å². The van der Waals surface area contributed by atoms with Crippen LogP contribution in [-0.2, 0) is 11.3 Å². The van der Waals surface area contributed by atoms with Gasteiger partial charge >= 0.3 is 0 Å². The minimum absolute atomic E-state index is 0.187. The molecule has 1 aliphatic rings. The van der Waals surface area contributed by atoms with Crippen molar-refractivity contribution >= 4 is 11.6 Å². The third-order valence-corrected chi connectivity index (χ3v) is 4.32. The molecule has 0 heterocycles. The highest BCUT2D eigenvalue weighted by molar-refractivity contribution is 5.79. The van der Waals surface area contributed by atoms with Gasteiger partial charge in [0.25, 0.3) is 0 Å². The van der Waals surface area contributed by atoms with Crippen molar-refractivity contribution in [2.45, 2.75) is 65.0 Å². The number of anilines is 1. The monoisotopic (exact) mass is 288 g/mol. The van der Waals surface area contributed by atoms with Crippen LogP contribution < -0.4 is 5.73 Å². The quantitative estimate of drug-likeness (QED) is 0.736. The molecule has 3 nitrogen and oxygen atoms in total. The molecule has 2 N–H and O–H groups in total. The molecule has 1 amide bonds. The van der Waals surface area contributed by atoms with Gasteiger partial charge < -0.3 is 10.6 Å². The van der Waals surface area contributed by atoms with E-state index in [4.69, 9.17) is 5.73 Å². The van der Waals surface area contributed by atoms with E-state index in [1.54, 1.807) is 0 Å². The number of hydrogen-bond donors (Lipinski definition) is 1. The zero-order chi connectivity index (χ0) is 15.2. The standard InChI is InChI=1S/C18H28N2O/c1-3-5-8-15(4-2)18(21)20(17-10-11-17)13-14-7-6-9-16(19)12-14/h6-7,9,12,15,17H,3-5,8,10-11,13,19H2,1-2H3. The van der Waals surface area contributed by atoms with Crippen LogP contribution in [-0.4, -0.2) is 16.8 Å². The zero-order valence-electron chi connectivity index (χ0n) is 13.3. The Labute approximate surface area is 128 Å². The Bertz CT molecular complexity index is 468. The van der Waals surface area contributed by atoms with E-state index >= 15 is 0 Å². The predicted octanol–water partition coefficient (Wildman–Crippen LogP) is 3.98. The summed E-state index contributed by atoms with van der Waals surface area (Å²) in [6, 6.07) is 8.36. The number of rotatable bonds is 8. The van der Waals surface area contributed by atoms with E-state index in [0.29, 0.717) is 18.5 Å². The van der Waals surface area contributed by atoms with Crippen molar-refractivity contribution in [2.75, 3.05) is 5.73 Å². The van der Waals surface area contributed by atoms with E-state index in [9.17, 15) is 4.79 Å². The summed E-state index contributed by atoms with van der Waals surface area (Å²) in [7, 11) is 0. The molecule has 1 fully saturated rings. The Kier molecular flexibility index (Phi) is 5.66. The first-order chi connectivity index (χ1) is 10.2. The van der Waals surface area contributed by atoms with Gasteiger partial charge in [0.15, 0.2) is 0 Å². The summed E-state index contributed by atoms with van der Waals surface area (Å²) in [5.74, 6) is 0.530. The number of nitrogen functional groups attached to an aromatic ring is 1. The molecule has 1 saturated carbocycles. The van der Waals surface area contributed by atoms with E-state index in [1.807, 2.05) is 18.2 Å². The number of carbonyl (C=O) groups excluding carboxylic acids is 1. The van der Waals surface area contributed by atoms with Crippen molar-refractivity contribution in [2.24, 2.45) is 5.92 Å². The van der Waals surface area contributed by atoms with Crippen molar-refractivity contribution in [3.8, 4) is 0 Å². The van der Waals surface area contributed by atoms with Crippen LogP contribution in [0.15, 0.2) is 24.3 Å². The molecule has 1 atom stereocenters. The van der Waals surface area contributed by atoms with Gasteiger partial charge in [-0.2, -0.15) is 0 Å². The van der Waals surface area contributed by atoms with Crippen molar-refractivity contribution in [1.82, 2.24) is 4.90 Å². The van der Waals surface area contributed by atoms with Crippen molar-refractivity contribution in [1.29, 1.82) is 0 Å². The Balaban J connectivity index is 2.05. The van der Waals surface area contributed by atoms with Crippen LogP contribution in [0.4, 0.5) is 5.69 Å². The lowest BCUT2D eigenvalue weighted by Crippen LogP contribution is -2.37. The molecule has 1 aliphatic carbocycles. The molecule has 0 aliphatic heterocycles. The smallest absolute Gasteiger partial charge is 0.226 e. The second-order valence-corrected chi connectivity index (χ2v) is 6.19. The Hall–Kier alpha value is -1.51. The average Bonchev–Trinajstić information content (AvgIpc) is 3.30. The summed E-state index contributed by atoms with van der Waals surface area (Å²) in [5, 5.41) is 0. The second kappa shape index (κ2) is 7.48. The molecule has 116 valence electrons. The van der Waals surface area contributed by atoms with E-state index in [0.717, 1.165) is 49.8 Å². The van der Waals surface area contributed by atoms with E-state index in [2.05, 4.69) is 24.8 Å². The van der Waals surface area contributed by atoms with Crippen molar-refractivity contribution < 1.29 is 4.79 Å². The van der Waals surface area contributed by atoms with Crippen molar-refractivity contribution in [3.05, 3.63) is 29.8 Å². The van der Waals surface area contributed by atoms with Crippen LogP contribution in [0.1, 0.15) is 57.9 Å². The molecule has 21 heavy (non-hydrogen) atoms. The Morgan fingerprint density at radius 1 is 1.38 bits per heavy atom. The van der Waals surface area contributed by atoms with Crippen LogP contribution in [0.5, 0.6) is 0 Å². The highest BCUT2D eigenvalue weighted by Crippen LogP contribution is 2.31.